The minimum atomic E-state index is -0.330. The molecule has 4 aromatic rings. The molecular formula is C22H18ClN3O3. The van der Waals surface area contributed by atoms with Crippen molar-refractivity contribution in [1.29, 1.82) is 0 Å². The lowest BCUT2D eigenvalue weighted by Gasteiger charge is -2.13. The number of nitrogens with one attached hydrogen (secondary N) is 1. The van der Waals surface area contributed by atoms with E-state index in [1.807, 2.05) is 30.3 Å². The van der Waals surface area contributed by atoms with Crippen LogP contribution in [0.3, 0.4) is 0 Å². The molecule has 2 heterocycles. The summed E-state index contributed by atoms with van der Waals surface area (Å²) in [5, 5.41) is 3.38. The summed E-state index contributed by atoms with van der Waals surface area (Å²) in [6, 6.07) is 18.0. The number of amides is 1. The molecule has 146 valence electrons. The van der Waals surface area contributed by atoms with Gasteiger partial charge in [0, 0.05) is 11.2 Å². The maximum Gasteiger partial charge on any atom is 0.274 e. The fourth-order valence-electron chi connectivity index (χ4n) is 3.07. The number of pyridine rings is 1. The Labute approximate surface area is 172 Å². The van der Waals surface area contributed by atoms with Gasteiger partial charge in [0.1, 0.15) is 11.4 Å². The van der Waals surface area contributed by atoms with Gasteiger partial charge >= 0.3 is 0 Å². The first-order valence-electron chi connectivity index (χ1n) is 8.92. The Morgan fingerprint density at radius 2 is 1.86 bits per heavy atom. The molecule has 0 radical (unpaired) electrons. The number of imidazole rings is 1. The van der Waals surface area contributed by atoms with E-state index in [2.05, 4.69) is 10.3 Å². The van der Waals surface area contributed by atoms with Crippen molar-refractivity contribution < 1.29 is 14.3 Å². The molecule has 7 heteroatoms. The van der Waals surface area contributed by atoms with E-state index >= 15 is 0 Å². The van der Waals surface area contributed by atoms with Gasteiger partial charge in [-0.2, -0.15) is 0 Å². The van der Waals surface area contributed by atoms with E-state index in [0.717, 1.165) is 0 Å². The lowest BCUT2D eigenvalue weighted by Crippen LogP contribution is -2.16. The van der Waals surface area contributed by atoms with Crippen molar-refractivity contribution in [1.82, 2.24) is 9.38 Å². The second kappa shape index (κ2) is 7.85. The summed E-state index contributed by atoms with van der Waals surface area (Å²) in [5.41, 5.74) is 2.03. The van der Waals surface area contributed by atoms with E-state index in [1.165, 1.54) is 0 Å². The van der Waals surface area contributed by atoms with Crippen LogP contribution in [0.4, 0.5) is 5.69 Å². The number of fused-ring (bicyclic) bond motifs is 1. The number of rotatable bonds is 5. The second-order valence-electron chi connectivity index (χ2n) is 6.33. The molecule has 0 bridgehead atoms. The molecule has 0 aliphatic rings. The molecular weight excluding hydrogens is 390 g/mol. The third-order valence-corrected chi connectivity index (χ3v) is 4.62. The Morgan fingerprint density at radius 3 is 2.62 bits per heavy atom. The topological polar surface area (TPSA) is 64.9 Å². The average molecular weight is 408 g/mol. The van der Waals surface area contributed by atoms with Crippen molar-refractivity contribution in [2.24, 2.45) is 0 Å². The Bertz CT molecular complexity index is 1190. The Kier molecular flexibility index (Phi) is 5.10. The Hall–Kier alpha value is -3.51. The van der Waals surface area contributed by atoms with Gasteiger partial charge in [0.25, 0.3) is 5.91 Å². The number of anilines is 1. The third-order valence-electron chi connectivity index (χ3n) is 4.38. The lowest BCUT2D eigenvalue weighted by molar-refractivity contribution is 0.102. The quantitative estimate of drug-likeness (QED) is 0.484. The molecule has 0 spiro atoms. The van der Waals surface area contributed by atoms with Gasteiger partial charge in [0.2, 0.25) is 0 Å². The van der Waals surface area contributed by atoms with E-state index in [1.54, 1.807) is 55.0 Å². The van der Waals surface area contributed by atoms with E-state index in [4.69, 9.17) is 21.1 Å². The number of carbonyl (C=O) groups is 1. The van der Waals surface area contributed by atoms with Crippen LogP contribution >= 0.6 is 11.6 Å². The SMILES string of the molecule is COc1cccn2c(C(=O)Nc3cc(Cl)ccc3Oc3ccccc3)c(C)nc12. The monoisotopic (exact) mass is 407 g/mol. The molecule has 1 amide bonds. The highest BCUT2D eigenvalue weighted by Crippen LogP contribution is 2.32. The van der Waals surface area contributed by atoms with Crippen molar-refractivity contribution in [3.63, 3.8) is 0 Å². The summed E-state index contributed by atoms with van der Waals surface area (Å²) < 4.78 is 13.0. The number of halogens is 1. The predicted octanol–water partition coefficient (Wildman–Crippen LogP) is 5.35. The van der Waals surface area contributed by atoms with Gasteiger partial charge in [0.15, 0.2) is 17.1 Å². The van der Waals surface area contributed by atoms with Gasteiger partial charge < -0.3 is 14.8 Å². The number of nitrogens with zero attached hydrogens (tertiary/aromatic N) is 2. The van der Waals surface area contributed by atoms with Gasteiger partial charge in [-0.25, -0.2) is 4.98 Å². The molecule has 0 aliphatic heterocycles. The number of para-hydroxylation sites is 1. The maximum absolute atomic E-state index is 13.1. The second-order valence-corrected chi connectivity index (χ2v) is 6.76. The third kappa shape index (κ3) is 3.75. The van der Waals surface area contributed by atoms with Crippen LogP contribution in [0, 0.1) is 6.92 Å². The molecule has 2 aromatic carbocycles. The van der Waals surface area contributed by atoms with E-state index in [-0.39, 0.29) is 5.91 Å². The van der Waals surface area contributed by atoms with Gasteiger partial charge in [-0.15, -0.1) is 0 Å². The van der Waals surface area contributed by atoms with Crippen LogP contribution in [0.2, 0.25) is 5.02 Å². The Morgan fingerprint density at radius 1 is 1.07 bits per heavy atom. The van der Waals surface area contributed by atoms with Crippen LogP contribution in [0.15, 0.2) is 66.9 Å². The zero-order valence-electron chi connectivity index (χ0n) is 15.8. The summed E-state index contributed by atoms with van der Waals surface area (Å²) in [7, 11) is 1.57. The van der Waals surface area contributed by atoms with Crippen molar-refractivity contribution in [3.05, 3.63) is 83.3 Å². The first-order valence-corrected chi connectivity index (χ1v) is 9.30. The normalized spacial score (nSPS) is 10.7. The first-order chi connectivity index (χ1) is 14.1. The van der Waals surface area contributed by atoms with Crippen molar-refractivity contribution >= 4 is 28.8 Å². The number of aromatic nitrogens is 2. The summed E-state index contributed by atoms with van der Waals surface area (Å²) in [4.78, 5) is 17.6. The molecule has 0 unspecified atom stereocenters. The maximum atomic E-state index is 13.1. The van der Waals surface area contributed by atoms with Crippen LogP contribution in [-0.2, 0) is 0 Å². The zero-order valence-corrected chi connectivity index (χ0v) is 16.6. The van der Waals surface area contributed by atoms with Crippen LogP contribution in [-0.4, -0.2) is 22.4 Å². The summed E-state index contributed by atoms with van der Waals surface area (Å²) in [5.74, 6) is 1.40. The number of benzene rings is 2. The van der Waals surface area contributed by atoms with Gasteiger partial charge in [-0.1, -0.05) is 29.8 Å². The molecule has 0 fully saturated rings. The first kappa shape index (κ1) is 18.8. The summed E-state index contributed by atoms with van der Waals surface area (Å²) in [6.07, 6.45) is 1.77. The summed E-state index contributed by atoms with van der Waals surface area (Å²) in [6.45, 7) is 1.78. The molecule has 1 N–H and O–H groups in total. The molecule has 0 aliphatic carbocycles. The highest BCUT2D eigenvalue weighted by molar-refractivity contribution is 6.31. The number of hydrogen-bond acceptors (Lipinski definition) is 4. The smallest absolute Gasteiger partial charge is 0.274 e. The predicted molar refractivity (Wildman–Crippen MR) is 112 cm³/mol. The number of hydrogen-bond donors (Lipinski definition) is 1. The number of carbonyl (C=O) groups excluding carboxylic acids is 1. The number of ether oxygens (including phenoxy) is 2. The molecule has 0 saturated carbocycles. The van der Waals surface area contributed by atoms with Gasteiger partial charge in [0.05, 0.1) is 18.5 Å². The molecule has 0 atom stereocenters. The standard InChI is InChI=1S/C22H18ClN3O3/c1-14-20(26-12-6-9-19(28-2)21(26)24-14)22(27)25-17-13-15(23)10-11-18(17)29-16-7-4-3-5-8-16/h3-13H,1-2H3,(H,25,27). The number of aryl methyl sites for hydroxylation is 1. The zero-order chi connectivity index (χ0) is 20.4. The van der Waals surface area contributed by atoms with Crippen LogP contribution in [0.25, 0.3) is 5.65 Å². The fraction of sp³-hybridized carbons (Fsp3) is 0.0909. The lowest BCUT2D eigenvalue weighted by atomic mass is 10.2. The highest BCUT2D eigenvalue weighted by Gasteiger charge is 2.20. The van der Waals surface area contributed by atoms with Gasteiger partial charge in [-0.05, 0) is 49.4 Å². The van der Waals surface area contributed by atoms with E-state index < -0.39 is 0 Å². The van der Waals surface area contributed by atoms with Crippen molar-refractivity contribution in [2.75, 3.05) is 12.4 Å². The largest absolute Gasteiger partial charge is 0.493 e. The van der Waals surface area contributed by atoms with E-state index in [9.17, 15) is 4.79 Å². The molecule has 6 nitrogen and oxygen atoms in total. The minimum Gasteiger partial charge on any atom is -0.493 e. The van der Waals surface area contributed by atoms with Crippen LogP contribution in [0.5, 0.6) is 17.2 Å². The molecule has 29 heavy (non-hydrogen) atoms. The average Bonchev–Trinajstić information content (AvgIpc) is 3.06. The minimum absolute atomic E-state index is 0.330. The highest BCUT2D eigenvalue weighted by atomic mass is 35.5. The Balaban J connectivity index is 1.70. The molecule has 0 saturated heterocycles. The number of methoxy groups -OCH3 is 1. The van der Waals surface area contributed by atoms with Crippen LogP contribution < -0.4 is 14.8 Å². The van der Waals surface area contributed by atoms with Crippen LogP contribution in [0.1, 0.15) is 16.2 Å². The molecule has 4 rings (SSSR count). The van der Waals surface area contributed by atoms with Crippen molar-refractivity contribution in [3.8, 4) is 17.2 Å². The van der Waals surface area contributed by atoms with E-state index in [0.29, 0.717) is 45.0 Å². The summed E-state index contributed by atoms with van der Waals surface area (Å²) >= 11 is 6.15. The van der Waals surface area contributed by atoms with Gasteiger partial charge in [-0.3, -0.25) is 9.20 Å². The molecule has 2 aromatic heterocycles. The fourth-order valence-corrected chi connectivity index (χ4v) is 3.25. The van der Waals surface area contributed by atoms with Crippen molar-refractivity contribution in [2.45, 2.75) is 6.92 Å².